The van der Waals surface area contributed by atoms with E-state index in [2.05, 4.69) is 5.16 Å². The standard InChI is InChI=1S/C13H18N2O4/c1-3-9-11(8(2)19-14-9)12(16)15-7-5-4-6-10(15)13(17)18/h10H,3-7H2,1-2H3,(H,17,18)/t10-/m0/s1. The number of carboxylic acids is 1. The molecule has 0 aromatic carbocycles. The number of rotatable bonds is 3. The van der Waals surface area contributed by atoms with E-state index in [-0.39, 0.29) is 5.91 Å². The van der Waals surface area contributed by atoms with Crippen molar-refractivity contribution in [3.8, 4) is 0 Å². The lowest BCUT2D eigenvalue weighted by Gasteiger charge is -2.32. The number of carboxylic acid groups (broad SMARTS) is 1. The molecule has 1 aromatic rings. The number of likely N-dealkylation sites (tertiary alicyclic amines) is 1. The first-order chi connectivity index (χ1) is 9.06. The largest absolute Gasteiger partial charge is 0.480 e. The Morgan fingerprint density at radius 1 is 1.47 bits per heavy atom. The SMILES string of the molecule is CCc1noc(C)c1C(=O)N1CCCC[C@H]1C(=O)O. The van der Waals surface area contributed by atoms with Crippen molar-refractivity contribution in [3.05, 3.63) is 17.0 Å². The average molecular weight is 266 g/mol. The van der Waals surface area contributed by atoms with Gasteiger partial charge in [0.2, 0.25) is 0 Å². The van der Waals surface area contributed by atoms with Gasteiger partial charge in [-0.25, -0.2) is 4.79 Å². The van der Waals surface area contributed by atoms with Gasteiger partial charge < -0.3 is 14.5 Å². The van der Waals surface area contributed by atoms with Crippen LogP contribution in [-0.2, 0) is 11.2 Å². The van der Waals surface area contributed by atoms with Crippen LogP contribution < -0.4 is 0 Å². The molecule has 0 bridgehead atoms. The van der Waals surface area contributed by atoms with Gasteiger partial charge in [0.05, 0.1) is 5.69 Å². The van der Waals surface area contributed by atoms with E-state index in [1.54, 1.807) is 6.92 Å². The van der Waals surface area contributed by atoms with Gasteiger partial charge >= 0.3 is 5.97 Å². The van der Waals surface area contributed by atoms with Gasteiger partial charge in [0.15, 0.2) is 0 Å². The van der Waals surface area contributed by atoms with Crippen molar-refractivity contribution in [2.24, 2.45) is 0 Å². The number of carbonyl (C=O) groups excluding carboxylic acids is 1. The summed E-state index contributed by atoms with van der Waals surface area (Å²) in [7, 11) is 0. The first-order valence-corrected chi connectivity index (χ1v) is 6.55. The molecule has 104 valence electrons. The molecule has 1 N–H and O–H groups in total. The lowest BCUT2D eigenvalue weighted by Crippen LogP contribution is -2.48. The summed E-state index contributed by atoms with van der Waals surface area (Å²) < 4.78 is 5.05. The average Bonchev–Trinajstić information content (AvgIpc) is 2.79. The van der Waals surface area contributed by atoms with Crippen LogP contribution in [0, 0.1) is 6.92 Å². The first-order valence-electron chi connectivity index (χ1n) is 6.55. The molecule has 6 nitrogen and oxygen atoms in total. The van der Waals surface area contributed by atoms with Gasteiger partial charge in [-0.2, -0.15) is 0 Å². The number of piperidine rings is 1. The molecule has 0 radical (unpaired) electrons. The molecule has 0 saturated carbocycles. The van der Waals surface area contributed by atoms with Crippen molar-refractivity contribution in [3.63, 3.8) is 0 Å². The highest BCUT2D eigenvalue weighted by Gasteiger charge is 2.35. The first kappa shape index (κ1) is 13.6. The fourth-order valence-electron chi connectivity index (χ4n) is 2.51. The fourth-order valence-corrected chi connectivity index (χ4v) is 2.51. The van der Waals surface area contributed by atoms with Crippen molar-refractivity contribution in [2.45, 2.75) is 45.6 Å². The minimum Gasteiger partial charge on any atom is -0.480 e. The van der Waals surface area contributed by atoms with Crippen LogP contribution in [0.4, 0.5) is 0 Å². The van der Waals surface area contributed by atoms with E-state index >= 15 is 0 Å². The van der Waals surface area contributed by atoms with Crippen LogP contribution in [0.5, 0.6) is 0 Å². The van der Waals surface area contributed by atoms with Crippen LogP contribution in [0.2, 0.25) is 0 Å². The van der Waals surface area contributed by atoms with Gasteiger partial charge in [-0.3, -0.25) is 4.79 Å². The molecule has 1 saturated heterocycles. The maximum Gasteiger partial charge on any atom is 0.326 e. The highest BCUT2D eigenvalue weighted by atomic mass is 16.5. The van der Waals surface area contributed by atoms with Crippen LogP contribution >= 0.6 is 0 Å². The van der Waals surface area contributed by atoms with E-state index in [1.807, 2.05) is 6.92 Å². The van der Waals surface area contributed by atoms with Gasteiger partial charge in [0, 0.05) is 6.54 Å². The Balaban J connectivity index is 2.31. The van der Waals surface area contributed by atoms with Crippen molar-refractivity contribution < 1.29 is 19.2 Å². The lowest BCUT2D eigenvalue weighted by atomic mass is 10.00. The summed E-state index contributed by atoms with van der Waals surface area (Å²) in [5.41, 5.74) is 1.02. The molecule has 0 spiro atoms. The molecule has 1 atom stereocenters. The Bertz CT molecular complexity index is 495. The maximum atomic E-state index is 12.5. The molecular weight excluding hydrogens is 248 g/mol. The summed E-state index contributed by atoms with van der Waals surface area (Å²) in [5, 5.41) is 13.1. The second-order valence-corrected chi connectivity index (χ2v) is 4.76. The van der Waals surface area contributed by atoms with Crippen molar-refractivity contribution >= 4 is 11.9 Å². The van der Waals surface area contributed by atoms with E-state index in [0.717, 1.165) is 12.8 Å². The summed E-state index contributed by atoms with van der Waals surface area (Å²) in [4.78, 5) is 25.2. The Morgan fingerprint density at radius 3 is 2.84 bits per heavy atom. The zero-order chi connectivity index (χ0) is 14.0. The number of hydrogen-bond acceptors (Lipinski definition) is 4. The van der Waals surface area contributed by atoms with Crippen molar-refractivity contribution in [2.75, 3.05) is 6.54 Å². The molecule has 1 aliphatic heterocycles. The number of nitrogens with zero attached hydrogens (tertiary/aromatic N) is 2. The minimum atomic E-state index is -0.944. The van der Waals surface area contributed by atoms with E-state index in [1.165, 1.54) is 4.90 Å². The van der Waals surface area contributed by atoms with E-state index in [4.69, 9.17) is 4.52 Å². The second-order valence-electron chi connectivity index (χ2n) is 4.76. The summed E-state index contributed by atoms with van der Waals surface area (Å²) in [6, 6.07) is -0.736. The summed E-state index contributed by atoms with van der Waals surface area (Å²) in [6.45, 7) is 4.04. The zero-order valence-corrected chi connectivity index (χ0v) is 11.2. The fraction of sp³-hybridized carbons (Fsp3) is 0.615. The third-order valence-electron chi connectivity index (χ3n) is 3.53. The summed E-state index contributed by atoms with van der Waals surface area (Å²) in [5.74, 6) is -0.764. The topological polar surface area (TPSA) is 83.6 Å². The monoisotopic (exact) mass is 266 g/mol. The van der Waals surface area contributed by atoms with Crippen LogP contribution in [0.15, 0.2) is 4.52 Å². The van der Waals surface area contributed by atoms with Gasteiger partial charge in [-0.05, 0) is 32.6 Å². The number of aliphatic carboxylic acids is 1. The number of aryl methyl sites for hydroxylation is 2. The van der Waals surface area contributed by atoms with Crippen molar-refractivity contribution in [1.82, 2.24) is 10.1 Å². The van der Waals surface area contributed by atoms with Gasteiger partial charge in [-0.1, -0.05) is 12.1 Å². The predicted molar refractivity (Wildman–Crippen MR) is 66.9 cm³/mol. The second kappa shape index (κ2) is 5.42. The molecule has 0 aliphatic carbocycles. The van der Waals surface area contributed by atoms with Crippen LogP contribution in [0.25, 0.3) is 0 Å². The Labute approximate surface area is 111 Å². The Kier molecular flexibility index (Phi) is 3.87. The highest BCUT2D eigenvalue weighted by molar-refractivity contribution is 5.98. The molecule has 2 rings (SSSR count). The molecule has 2 heterocycles. The number of aromatic nitrogens is 1. The normalized spacial score (nSPS) is 19.5. The molecule has 1 fully saturated rings. The molecule has 1 aromatic heterocycles. The Morgan fingerprint density at radius 2 is 2.21 bits per heavy atom. The van der Waals surface area contributed by atoms with Gasteiger partial charge in [-0.15, -0.1) is 0 Å². The van der Waals surface area contributed by atoms with Gasteiger partial charge in [0.25, 0.3) is 5.91 Å². The van der Waals surface area contributed by atoms with Gasteiger partial charge in [0.1, 0.15) is 17.4 Å². The quantitative estimate of drug-likeness (QED) is 0.898. The lowest BCUT2D eigenvalue weighted by molar-refractivity contribution is -0.143. The van der Waals surface area contributed by atoms with Crippen LogP contribution in [-0.4, -0.2) is 39.6 Å². The molecule has 1 aliphatic rings. The molecule has 6 heteroatoms. The Hall–Kier alpha value is -1.85. The molecular formula is C13H18N2O4. The predicted octanol–water partition coefficient (Wildman–Crippen LogP) is 1.62. The molecule has 0 unspecified atom stereocenters. The zero-order valence-electron chi connectivity index (χ0n) is 11.2. The van der Waals surface area contributed by atoms with Crippen molar-refractivity contribution in [1.29, 1.82) is 0 Å². The van der Waals surface area contributed by atoms with Crippen LogP contribution in [0.3, 0.4) is 0 Å². The number of amides is 1. The third-order valence-corrected chi connectivity index (χ3v) is 3.53. The summed E-state index contributed by atoms with van der Waals surface area (Å²) in [6.07, 6.45) is 2.77. The van der Waals surface area contributed by atoms with E-state index in [0.29, 0.717) is 36.4 Å². The molecule has 1 amide bonds. The van der Waals surface area contributed by atoms with Crippen LogP contribution in [0.1, 0.15) is 48.0 Å². The minimum absolute atomic E-state index is 0.275. The van der Waals surface area contributed by atoms with E-state index in [9.17, 15) is 14.7 Å². The smallest absolute Gasteiger partial charge is 0.326 e. The summed E-state index contributed by atoms with van der Waals surface area (Å²) >= 11 is 0. The number of carbonyl (C=O) groups is 2. The maximum absolute atomic E-state index is 12.5. The third kappa shape index (κ3) is 2.47. The molecule has 19 heavy (non-hydrogen) atoms. The number of hydrogen-bond donors (Lipinski definition) is 1. The highest BCUT2D eigenvalue weighted by Crippen LogP contribution is 2.23. The van der Waals surface area contributed by atoms with E-state index < -0.39 is 12.0 Å².